The molecular weight excluding hydrogens is 372 g/mol. The quantitative estimate of drug-likeness (QED) is 0.478. The first kappa shape index (κ1) is 17.0. The third-order valence-electron chi connectivity index (χ3n) is 4.54. The summed E-state index contributed by atoms with van der Waals surface area (Å²) < 4.78 is 1.09. The lowest BCUT2D eigenvalue weighted by Gasteiger charge is -2.14. The molecule has 0 bridgehead atoms. The molecule has 0 saturated carbocycles. The standard InChI is InChI=1S/C19H18N8S/c1-5-22-15(26-16-11-21-6-7-23-16)9-12(1)18-25-14-3-8-28-17(14)19(27-18)24-13-2-4-20-10-13/h1,3,5-9,11,13,20H,2,4,10H2,(H,22,23,26)(H,24,25,27). The Bertz CT molecular complexity index is 1090. The molecule has 8 nitrogen and oxygen atoms in total. The molecule has 9 heteroatoms. The van der Waals surface area contributed by atoms with Gasteiger partial charge in [-0.2, -0.15) is 0 Å². The van der Waals surface area contributed by atoms with Crippen LogP contribution >= 0.6 is 11.3 Å². The number of nitrogens with one attached hydrogen (secondary N) is 3. The van der Waals surface area contributed by atoms with Gasteiger partial charge in [0.2, 0.25) is 0 Å². The van der Waals surface area contributed by atoms with Crippen LogP contribution in [0.3, 0.4) is 0 Å². The number of thiophene rings is 1. The molecule has 140 valence electrons. The van der Waals surface area contributed by atoms with Crippen molar-refractivity contribution in [3.05, 3.63) is 48.4 Å². The van der Waals surface area contributed by atoms with Crippen molar-refractivity contribution in [3.63, 3.8) is 0 Å². The molecule has 1 atom stereocenters. The molecule has 1 fully saturated rings. The van der Waals surface area contributed by atoms with Gasteiger partial charge in [-0.3, -0.25) is 4.98 Å². The van der Waals surface area contributed by atoms with Crippen molar-refractivity contribution in [1.29, 1.82) is 0 Å². The lowest BCUT2D eigenvalue weighted by molar-refractivity contribution is 0.789. The third-order valence-corrected chi connectivity index (χ3v) is 5.45. The summed E-state index contributed by atoms with van der Waals surface area (Å²) in [4.78, 5) is 22.2. The van der Waals surface area contributed by atoms with Crippen LogP contribution in [0.15, 0.2) is 48.4 Å². The Morgan fingerprint density at radius 2 is 2.04 bits per heavy atom. The van der Waals surface area contributed by atoms with E-state index in [4.69, 9.17) is 9.97 Å². The number of hydrogen-bond acceptors (Lipinski definition) is 9. The van der Waals surface area contributed by atoms with Gasteiger partial charge in [0.25, 0.3) is 0 Å². The van der Waals surface area contributed by atoms with Crippen molar-refractivity contribution in [1.82, 2.24) is 30.2 Å². The number of pyridine rings is 1. The summed E-state index contributed by atoms with van der Waals surface area (Å²) >= 11 is 1.66. The molecule has 1 unspecified atom stereocenters. The van der Waals surface area contributed by atoms with E-state index < -0.39 is 0 Å². The number of anilines is 3. The number of nitrogens with zero attached hydrogens (tertiary/aromatic N) is 5. The summed E-state index contributed by atoms with van der Waals surface area (Å²) in [5.74, 6) is 2.87. The molecule has 1 saturated heterocycles. The van der Waals surface area contributed by atoms with E-state index in [0.29, 0.717) is 23.5 Å². The van der Waals surface area contributed by atoms with Crippen LogP contribution in [-0.2, 0) is 0 Å². The van der Waals surface area contributed by atoms with Gasteiger partial charge in [-0.25, -0.2) is 19.9 Å². The molecular formula is C19H18N8S. The van der Waals surface area contributed by atoms with E-state index in [0.717, 1.165) is 41.1 Å². The van der Waals surface area contributed by atoms with E-state index in [1.54, 1.807) is 36.1 Å². The van der Waals surface area contributed by atoms with Crippen LogP contribution < -0.4 is 16.0 Å². The highest BCUT2D eigenvalue weighted by Crippen LogP contribution is 2.30. The number of aromatic nitrogens is 5. The fourth-order valence-electron chi connectivity index (χ4n) is 3.19. The Morgan fingerprint density at radius 1 is 1.07 bits per heavy atom. The molecule has 0 aromatic carbocycles. The highest BCUT2D eigenvalue weighted by Gasteiger charge is 2.18. The van der Waals surface area contributed by atoms with Crippen molar-refractivity contribution in [2.24, 2.45) is 0 Å². The SMILES string of the molecule is c1cnc(Nc2cc(-c3nc(NC4CCNC4)c4sccc4n3)ccn2)cn1. The van der Waals surface area contributed by atoms with Crippen molar-refractivity contribution >= 4 is 39.0 Å². The maximum Gasteiger partial charge on any atom is 0.162 e. The average molecular weight is 390 g/mol. The summed E-state index contributed by atoms with van der Waals surface area (Å²) in [5, 5.41) is 12.2. The second-order valence-electron chi connectivity index (χ2n) is 6.51. The maximum atomic E-state index is 4.83. The fourth-order valence-corrected chi connectivity index (χ4v) is 3.98. The molecule has 1 aliphatic rings. The minimum absolute atomic E-state index is 0.388. The minimum atomic E-state index is 0.388. The van der Waals surface area contributed by atoms with Gasteiger partial charge in [0, 0.05) is 36.7 Å². The molecule has 28 heavy (non-hydrogen) atoms. The van der Waals surface area contributed by atoms with E-state index >= 15 is 0 Å². The van der Waals surface area contributed by atoms with E-state index in [2.05, 4.69) is 36.3 Å². The van der Waals surface area contributed by atoms with Gasteiger partial charge >= 0.3 is 0 Å². The first-order valence-corrected chi connectivity index (χ1v) is 9.95. The second kappa shape index (κ2) is 7.45. The van der Waals surface area contributed by atoms with E-state index in [1.807, 2.05) is 18.2 Å². The average Bonchev–Trinajstić information content (AvgIpc) is 3.41. The van der Waals surface area contributed by atoms with Crippen LogP contribution in [0.5, 0.6) is 0 Å². The van der Waals surface area contributed by atoms with Crippen LogP contribution in [0.2, 0.25) is 0 Å². The smallest absolute Gasteiger partial charge is 0.162 e. The van der Waals surface area contributed by atoms with Gasteiger partial charge in [-0.15, -0.1) is 11.3 Å². The summed E-state index contributed by atoms with van der Waals surface area (Å²) in [5.41, 5.74) is 1.84. The zero-order chi connectivity index (χ0) is 18.8. The zero-order valence-electron chi connectivity index (χ0n) is 15.0. The van der Waals surface area contributed by atoms with Crippen LogP contribution in [-0.4, -0.2) is 44.1 Å². The first-order valence-electron chi connectivity index (χ1n) is 9.07. The summed E-state index contributed by atoms with van der Waals surface area (Å²) in [6.07, 6.45) is 7.75. The molecule has 0 amide bonds. The largest absolute Gasteiger partial charge is 0.365 e. The van der Waals surface area contributed by atoms with Gasteiger partial charge in [0.1, 0.15) is 17.5 Å². The third kappa shape index (κ3) is 3.49. The second-order valence-corrected chi connectivity index (χ2v) is 7.43. The Hall–Kier alpha value is -3.17. The highest BCUT2D eigenvalue weighted by molar-refractivity contribution is 7.17. The van der Waals surface area contributed by atoms with Gasteiger partial charge in [0.15, 0.2) is 5.82 Å². The van der Waals surface area contributed by atoms with Crippen molar-refractivity contribution in [2.75, 3.05) is 23.7 Å². The van der Waals surface area contributed by atoms with Crippen LogP contribution in [0.25, 0.3) is 21.6 Å². The Labute approximate surface area is 165 Å². The van der Waals surface area contributed by atoms with E-state index in [1.165, 1.54) is 0 Å². The fraction of sp³-hybridized carbons (Fsp3) is 0.211. The number of hydrogen-bond donors (Lipinski definition) is 3. The summed E-state index contributed by atoms with van der Waals surface area (Å²) in [6.45, 7) is 1.98. The van der Waals surface area contributed by atoms with E-state index in [-0.39, 0.29) is 0 Å². The highest BCUT2D eigenvalue weighted by atomic mass is 32.1. The molecule has 4 aromatic heterocycles. The predicted molar refractivity (Wildman–Crippen MR) is 111 cm³/mol. The van der Waals surface area contributed by atoms with E-state index in [9.17, 15) is 0 Å². The monoisotopic (exact) mass is 390 g/mol. The lowest BCUT2D eigenvalue weighted by atomic mass is 10.2. The molecule has 3 N–H and O–H groups in total. The van der Waals surface area contributed by atoms with Crippen LogP contribution in [0.1, 0.15) is 6.42 Å². The number of rotatable bonds is 5. The molecule has 1 aliphatic heterocycles. The summed E-state index contributed by atoms with van der Waals surface area (Å²) in [6, 6.07) is 6.25. The van der Waals surface area contributed by atoms with Crippen LogP contribution in [0, 0.1) is 0 Å². The van der Waals surface area contributed by atoms with Gasteiger partial charge in [-0.1, -0.05) is 0 Å². The molecule has 0 aliphatic carbocycles. The Balaban J connectivity index is 1.49. The zero-order valence-corrected chi connectivity index (χ0v) is 15.8. The molecule has 0 radical (unpaired) electrons. The molecule has 5 heterocycles. The normalized spacial score (nSPS) is 16.4. The predicted octanol–water partition coefficient (Wildman–Crippen LogP) is 3.06. The summed E-state index contributed by atoms with van der Waals surface area (Å²) in [7, 11) is 0. The minimum Gasteiger partial charge on any atom is -0.365 e. The first-order chi connectivity index (χ1) is 13.8. The van der Waals surface area contributed by atoms with Crippen LogP contribution in [0.4, 0.5) is 17.5 Å². The molecule has 5 rings (SSSR count). The number of fused-ring (bicyclic) bond motifs is 1. The van der Waals surface area contributed by atoms with Gasteiger partial charge in [0.05, 0.1) is 16.4 Å². The van der Waals surface area contributed by atoms with Gasteiger partial charge < -0.3 is 16.0 Å². The molecule has 4 aromatic rings. The topological polar surface area (TPSA) is 101 Å². The Kier molecular flexibility index (Phi) is 4.51. The van der Waals surface area contributed by atoms with Crippen molar-refractivity contribution in [3.8, 4) is 11.4 Å². The maximum absolute atomic E-state index is 4.83. The van der Waals surface area contributed by atoms with Crippen molar-refractivity contribution < 1.29 is 0 Å². The Morgan fingerprint density at radius 3 is 2.89 bits per heavy atom. The molecule has 0 spiro atoms. The lowest BCUT2D eigenvalue weighted by Crippen LogP contribution is -2.22. The van der Waals surface area contributed by atoms with Crippen molar-refractivity contribution in [2.45, 2.75) is 12.5 Å². The van der Waals surface area contributed by atoms with Gasteiger partial charge in [-0.05, 0) is 36.5 Å².